The van der Waals surface area contributed by atoms with Crippen molar-refractivity contribution >= 4 is 33.4 Å². The number of alkyl carbamates (subject to hydrolysis) is 1. The first kappa shape index (κ1) is 23.0. The number of carbonyl (C=O) groups is 3. The minimum atomic E-state index is -3.86. The molecule has 0 radical (unpaired) electrons. The summed E-state index contributed by atoms with van der Waals surface area (Å²) in [5.74, 6) is -0.754. The molecule has 0 aromatic heterocycles. The molecule has 1 aliphatic carbocycles. The van der Waals surface area contributed by atoms with E-state index in [1.807, 2.05) is 0 Å². The molecule has 0 heterocycles. The molecule has 5 N–H and O–H groups in total. The number of anilines is 1. The molecular weight excluding hydrogens is 436 g/mol. The van der Waals surface area contributed by atoms with Crippen molar-refractivity contribution in [2.45, 2.75) is 11.3 Å². The lowest BCUT2D eigenvalue weighted by Gasteiger charge is -2.23. The van der Waals surface area contributed by atoms with E-state index in [1.54, 1.807) is 24.3 Å². The van der Waals surface area contributed by atoms with Gasteiger partial charge < -0.3 is 20.7 Å². The van der Waals surface area contributed by atoms with Crippen molar-refractivity contribution in [1.82, 2.24) is 10.6 Å². The monoisotopic (exact) mass is 458 g/mol. The maximum atomic E-state index is 13.1. The van der Waals surface area contributed by atoms with Crippen molar-refractivity contribution in [1.29, 1.82) is 0 Å². The number of hydrogen-bond acceptors (Lipinski definition) is 8. The fourth-order valence-electron chi connectivity index (χ4n) is 3.06. The zero-order chi connectivity index (χ0) is 23.3. The van der Waals surface area contributed by atoms with E-state index in [1.165, 1.54) is 31.3 Å². The molecule has 2 aromatic carbocycles. The Hall–Kier alpha value is -3.70. The summed E-state index contributed by atoms with van der Waals surface area (Å²) >= 11 is 0. The van der Waals surface area contributed by atoms with Gasteiger partial charge in [-0.25, -0.2) is 18.4 Å². The Kier molecular flexibility index (Phi) is 6.91. The van der Waals surface area contributed by atoms with E-state index in [0.717, 1.165) is 0 Å². The van der Waals surface area contributed by atoms with Gasteiger partial charge in [0.25, 0.3) is 0 Å². The molecule has 1 aliphatic rings. The Morgan fingerprint density at radius 3 is 2.12 bits per heavy atom. The number of ether oxygens (including phenoxy) is 1. The Morgan fingerprint density at radius 2 is 1.56 bits per heavy atom. The van der Waals surface area contributed by atoms with Crippen LogP contribution in [0.2, 0.25) is 0 Å². The number of primary sulfonamides is 1. The van der Waals surface area contributed by atoms with Gasteiger partial charge in [-0.1, -0.05) is 24.3 Å². The van der Waals surface area contributed by atoms with Crippen LogP contribution in [0.3, 0.4) is 0 Å². The minimum Gasteiger partial charge on any atom is -0.450 e. The number of allylic oxidation sites excluding steroid dienone is 2. The first-order chi connectivity index (χ1) is 15.2. The number of ketones is 2. The summed E-state index contributed by atoms with van der Waals surface area (Å²) in [4.78, 5) is 37.2. The molecule has 1 amide bonds. The van der Waals surface area contributed by atoms with E-state index < -0.39 is 16.1 Å². The molecule has 10 nitrogen and oxygen atoms in total. The molecule has 0 saturated carbocycles. The molecule has 11 heteroatoms. The summed E-state index contributed by atoms with van der Waals surface area (Å²) in [5, 5.41) is 13.3. The summed E-state index contributed by atoms with van der Waals surface area (Å²) in [5.41, 5.74) is 1.04. The molecule has 0 saturated heterocycles. The van der Waals surface area contributed by atoms with Gasteiger partial charge in [-0.3, -0.25) is 9.59 Å². The van der Waals surface area contributed by atoms with Crippen molar-refractivity contribution in [2.75, 3.05) is 25.5 Å². The lowest BCUT2D eigenvalue weighted by molar-refractivity contribution is 0.0969. The van der Waals surface area contributed by atoms with Gasteiger partial charge in [-0.05, 0) is 30.7 Å². The van der Waals surface area contributed by atoms with Crippen LogP contribution in [0.25, 0.3) is 0 Å². The number of fused-ring (bicyclic) bond motifs is 1. The second-order valence-corrected chi connectivity index (χ2v) is 8.38. The summed E-state index contributed by atoms with van der Waals surface area (Å²) in [6.07, 6.45) is -0.163. The molecule has 3 rings (SSSR count). The molecule has 0 aliphatic heterocycles. The van der Waals surface area contributed by atoms with Gasteiger partial charge in [0, 0.05) is 30.4 Å². The smallest absolute Gasteiger partial charge is 0.406 e. The third kappa shape index (κ3) is 5.13. The van der Waals surface area contributed by atoms with Crippen molar-refractivity contribution < 1.29 is 27.5 Å². The number of amides is 1. The van der Waals surface area contributed by atoms with Crippen molar-refractivity contribution in [2.24, 2.45) is 5.14 Å². The first-order valence-corrected chi connectivity index (χ1v) is 11.2. The van der Waals surface area contributed by atoms with E-state index in [9.17, 15) is 22.8 Å². The molecule has 0 atom stereocenters. The van der Waals surface area contributed by atoms with Gasteiger partial charge in [0.2, 0.25) is 21.6 Å². The zero-order valence-electron chi connectivity index (χ0n) is 17.2. The standard InChI is InChI=1S/C21H22N4O6S/c1-23-21(28)31-12-4-11-24-17-18(20(27)16-6-3-2-5-15(16)19(17)26)25-13-7-9-14(10-8-13)32(22,29)30/h2-3,5-10,24-25H,4,11-12H2,1H3,(H,23,28)(H2,22,29,30). The van der Waals surface area contributed by atoms with Gasteiger partial charge in [-0.15, -0.1) is 0 Å². The largest absolute Gasteiger partial charge is 0.450 e. The second kappa shape index (κ2) is 9.62. The zero-order valence-corrected chi connectivity index (χ0v) is 18.0. The van der Waals surface area contributed by atoms with Crippen molar-refractivity contribution in [3.05, 3.63) is 71.1 Å². The summed E-state index contributed by atoms with van der Waals surface area (Å²) in [7, 11) is -2.42. The van der Waals surface area contributed by atoms with Gasteiger partial charge >= 0.3 is 6.09 Å². The highest BCUT2D eigenvalue weighted by Gasteiger charge is 2.32. The van der Waals surface area contributed by atoms with Crippen LogP contribution in [0.4, 0.5) is 10.5 Å². The number of Topliss-reactive ketones (excluding diaryl/α,β-unsaturated/α-hetero) is 2. The number of sulfonamides is 1. The molecule has 0 bridgehead atoms. The quantitative estimate of drug-likeness (QED) is 0.432. The van der Waals surface area contributed by atoms with Crippen molar-refractivity contribution in [3.63, 3.8) is 0 Å². The first-order valence-electron chi connectivity index (χ1n) is 9.63. The van der Waals surface area contributed by atoms with Crippen LogP contribution < -0.4 is 21.1 Å². The van der Waals surface area contributed by atoms with E-state index in [2.05, 4.69) is 16.0 Å². The number of carbonyl (C=O) groups excluding carboxylic acids is 3. The van der Waals surface area contributed by atoms with Crippen LogP contribution in [0.5, 0.6) is 0 Å². The van der Waals surface area contributed by atoms with Crippen LogP contribution >= 0.6 is 0 Å². The third-order valence-electron chi connectivity index (χ3n) is 4.63. The SMILES string of the molecule is CNC(=O)OCCCNC1=C(Nc2ccc(S(N)(=O)=O)cc2)C(=O)c2ccccc2C1=O. The third-order valence-corrected chi connectivity index (χ3v) is 5.56. The molecule has 0 unspecified atom stereocenters. The molecule has 2 aromatic rings. The van der Waals surface area contributed by atoms with Crippen LogP contribution in [-0.2, 0) is 14.8 Å². The Labute approximate surface area is 184 Å². The molecular formula is C21H22N4O6S. The number of hydrogen-bond donors (Lipinski definition) is 4. The highest BCUT2D eigenvalue weighted by molar-refractivity contribution is 7.89. The Balaban J connectivity index is 1.86. The number of rotatable bonds is 8. The number of nitrogens with two attached hydrogens (primary N) is 1. The Morgan fingerprint density at radius 1 is 0.969 bits per heavy atom. The normalized spacial score (nSPS) is 13.4. The van der Waals surface area contributed by atoms with Crippen LogP contribution in [-0.4, -0.2) is 46.3 Å². The van der Waals surface area contributed by atoms with Crippen LogP contribution in [0.1, 0.15) is 27.1 Å². The second-order valence-electron chi connectivity index (χ2n) is 6.81. The van der Waals surface area contributed by atoms with Gasteiger partial charge in [-0.2, -0.15) is 0 Å². The molecule has 168 valence electrons. The summed E-state index contributed by atoms with van der Waals surface area (Å²) in [6.45, 7) is 0.388. The molecule has 0 spiro atoms. The van der Waals surface area contributed by atoms with Gasteiger partial charge in [0.15, 0.2) is 0 Å². The minimum absolute atomic E-state index is 0.0317. The fraction of sp³-hybridized carbons (Fsp3) is 0.190. The van der Waals surface area contributed by atoms with Gasteiger partial charge in [0.1, 0.15) is 11.4 Å². The molecule has 32 heavy (non-hydrogen) atoms. The number of benzene rings is 2. The summed E-state index contributed by atoms with van der Waals surface area (Å²) in [6, 6.07) is 12.0. The molecule has 0 fully saturated rings. The highest BCUT2D eigenvalue weighted by Crippen LogP contribution is 2.26. The maximum absolute atomic E-state index is 13.1. The van der Waals surface area contributed by atoms with E-state index in [-0.39, 0.29) is 52.1 Å². The predicted molar refractivity (Wildman–Crippen MR) is 117 cm³/mol. The topological polar surface area (TPSA) is 157 Å². The average molecular weight is 458 g/mol. The maximum Gasteiger partial charge on any atom is 0.406 e. The van der Waals surface area contributed by atoms with Crippen LogP contribution in [0.15, 0.2) is 64.8 Å². The van der Waals surface area contributed by atoms with E-state index in [4.69, 9.17) is 9.88 Å². The lowest BCUT2D eigenvalue weighted by atomic mass is 9.90. The van der Waals surface area contributed by atoms with Crippen LogP contribution in [0, 0.1) is 0 Å². The van der Waals surface area contributed by atoms with Gasteiger partial charge in [0.05, 0.1) is 11.5 Å². The highest BCUT2D eigenvalue weighted by atomic mass is 32.2. The average Bonchev–Trinajstić information content (AvgIpc) is 2.78. The number of nitrogens with one attached hydrogen (secondary N) is 3. The van der Waals surface area contributed by atoms with Crippen molar-refractivity contribution in [3.8, 4) is 0 Å². The lowest BCUT2D eigenvalue weighted by Crippen LogP contribution is -2.34. The summed E-state index contributed by atoms with van der Waals surface area (Å²) < 4.78 is 27.8. The predicted octanol–water partition coefficient (Wildman–Crippen LogP) is 1.37. The Bertz CT molecular complexity index is 1190. The fourth-order valence-corrected chi connectivity index (χ4v) is 3.57. The van der Waals surface area contributed by atoms with E-state index in [0.29, 0.717) is 12.1 Å². The van der Waals surface area contributed by atoms with E-state index >= 15 is 0 Å².